The van der Waals surface area contributed by atoms with Crippen molar-refractivity contribution in [1.29, 1.82) is 0 Å². The summed E-state index contributed by atoms with van der Waals surface area (Å²) in [5, 5.41) is 19.0. The molecule has 0 fully saturated rings. The summed E-state index contributed by atoms with van der Waals surface area (Å²) >= 11 is 0. The normalized spacial score (nSPS) is 10.2. The van der Waals surface area contributed by atoms with E-state index in [1.165, 1.54) is 0 Å². The highest BCUT2D eigenvalue weighted by Crippen LogP contribution is 2.30. The van der Waals surface area contributed by atoms with Crippen LogP contribution in [0.3, 0.4) is 0 Å². The summed E-state index contributed by atoms with van der Waals surface area (Å²) in [6.07, 6.45) is 0. The number of nitrogens with zero attached hydrogens (tertiary/aromatic N) is 1. The lowest BCUT2D eigenvalue weighted by Gasteiger charge is -2.05. The van der Waals surface area contributed by atoms with Gasteiger partial charge >= 0.3 is 5.97 Å². The van der Waals surface area contributed by atoms with Crippen LogP contribution in [0.1, 0.15) is 15.9 Å². The summed E-state index contributed by atoms with van der Waals surface area (Å²) in [5.41, 5.74) is -3.63. The molecule has 0 heterocycles. The molecule has 0 radical (unpaired) electrons. The van der Waals surface area contributed by atoms with E-state index in [1.807, 2.05) is 0 Å². The van der Waals surface area contributed by atoms with Crippen LogP contribution in [0.2, 0.25) is 0 Å². The largest absolute Gasteiger partial charge is 0.477 e. The van der Waals surface area contributed by atoms with E-state index in [0.29, 0.717) is 0 Å². The second-order valence-corrected chi connectivity index (χ2v) is 2.85. The summed E-state index contributed by atoms with van der Waals surface area (Å²) < 4.78 is 38.8. The molecule has 0 atom stereocenters. The third-order valence-corrected chi connectivity index (χ3v) is 1.92. The summed E-state index contributed by atoms with van der Waals surface area (Å²) in [6.45, 7) is 0.794. The molecule has 1 N–H and O–H groups in total. The van der Waals surface area contributed by atoms with Crippen LogP contribution in [-0.4, -0.2) is 16.0 Å². The quantitative estimate of drug-likeness (QED) is 0.483. The van der Waals surface area contributed by atoms with Gasteiger partial charge in [-0.2, -0.15) is 0 Å². The first-order chi connectivity index (χ1) is 7.29. The Morgan fingerprint density at radius 2 is 1.75 bits per heavy atom. The number of halogens is 3. The van der Waals surface area contributed by atoms with Crippen LogP contribution in [0.5, 0.6) is 0 Å². The predicted molar refractivity (Wildman–Crippen MR) is 44.7 cm³/mol. The van der Waals surface area contributed by atoms with Crippen molar-refractivity contribution < 1.29 is 28.0 Å². The van der Waals surface area contributed by atoms with E-state index in [-0.39, 0.29) is 0 Å². The Kier molecular flexibility index (Phi) is 2.84. The zero-order valence-corrected chi connectivity index (χ0v) is 7.75. The lowest BCUT2D eigenvalue weighted by molar-refractivity contribution is -0.386. The summed E-state index contributed by atoms with van der Waals surface area (Å²) in [7, 11) is 0. The van der Waals surface area contributed by atoms with E-state index in [2.05, 4.69) is 0 Å². The molecule has 0 saturated carbocycles. The third-order valence-electron chi connectivity index (χ3n) is 1.92. The first-order valence-corrected chi connectivity index (χ1v) is 3.83. The monoisotopic (exact) mass is 235 g/mol. The van der Waals surface area contributed by atoms with Gasteiger partial charge in [-0.05, 0) is 6.92 Å². The Morgan fingerprint density at radius 3 is 2.12 bits per heavy atom. The molecule has 0 amide bonds. The van der Waals surface area contributed by atoms with Crippen LogP contribution < -0.4 is 0 Å². The van der Waals surface area contributed by atoms with E-state index < -0.39 is 45.2 Å². The molecule has 0 unspecified atom stereocenters. The Bertz CT molecular complexity index is 456. The minimum Gasteiger partial charge on any atom is -0.477 e. The number of aromatic carboxylic acids is 1. The minimum atomic E-state index is -2.08. The van der Waals surface area contributed by atoms with Crippen molar-refractivity contribution in [2.24, 2.45) is 0 Å². The smallest absolute Gasteiger partial charge is 0.345 e. The zero-order chi connectivity index (χ0) is 12.6. The van der Waals surface area contributed by atoms with Crippen LogP contribution in [0.25, 0.3) is 0 Å². The Balaban J connectivity index is 3.83. The number of carbonyl (C=O) groups is 1. The SMILES string of the molecule is Cc1c(F)c(F)c(F)c(C(=O)O)c1[N+](=O)[O-]. The van der Waals surface area contributed by atoms with E-state index in [0.717, 1.165) is 6.92 Å². The zero-order valence-electron chi connectivity index (χ0n) is 7.75. The van der Waals surface area contributed by atoms with E-state index in [1.54, 1.807) is 0 Å². The molecule has 86 valence electrons. The highest BCUT2D eigenvalue weighted by molar-refractivity contribution is 5.93. The number of nitro groups is 1. The van der Waals surface area contributed by atoms with Crippen molar-refractivity contribution >= 4 is 11.7 Å². The van der Waals surface area contributed by atoms with Crippen molar-refractivity contribution in [3.05, 3.63) is 38.7 Å². The fourth-order valence-electron chi connectivity index (χ4n) is 1.19. The lowest BCUT2D eigenvalue weighted by Crippen LogP contribution is -2.12. The van der Waals surface area contributed by atoms with Gasteiger partial charge in [0, 0.05) is 0 Å². The molecule has 1 aromatic carbocycles. The number of hydrogen-bond acceptors (Lipinski definition) is 3. The number of nitro benzene ring substituents is 1. The van der Waals surface area contributed by atoms with Crippen LogP contribution in [0, 0.1) is 34.5 Å². The average Bonchev–Trinajstić information content (AvgIpc) is 2.18. The molecule has 1 aromatic rings. The molecule has 0 spiro atoms. The fraction of sp³-hybridized carbons (Fsp3) is 0.125. The molecule has 1 rings (SSSR count). The van der Waals surface area contributed by atoms with Gasteiger partial charge in [0.25, 0.3) is 5.69 Å². The second kappa shape index (κ2) is 3.80. The molecule has 0 aliphatic rings. The maximum Gasteiger partial charge on any atom is 0.345 e. The van der Waals surface area contributed by atoms with Gasteiger partial charge in [-0.25, -0.2) is 18.0 Å². The molecule has 0 saturated heterocycles. The fourth-order valence-corrected chi connectivity index (χ4v) is 1.19. The van der Waals surface area contributed by atoms with Crippen molar-refractivity contribution in [1.82, 2.24) is 0 Å². The average molecular weight is 235 g/mol. The van der Waals surface area contributed by atoms with Crippen molar-refractivity contribution in [3.63, 3.8) is 0 Å². The first kappa shape index (κ1) is 12.0. The maximum atomic E-state index is 13.0. The minimum absolute atomic E-state index is 0.794. The number of hydrogen-bond donors (Lipinski definition) is 1. The Hall–Kier alpha value is -2.12. The van der Waals surface area contributed by atoms with Gasteiger partial charge in [0.2, 0.25) is 0 Å². The van der Waals surface area contributed by atoms with Crippen LogP contribution in [-0.2, 0) is 0 Å². The van der Waals surface area contributed by atoms with Gasteiger partial charge in [-0.3, -0.25) is 10.1 Å². The molecule has 8 heteroatoms. The van der Waals surface area contributed by atoms with Crippen molar-refractivity contribution in [2.75, 3.05) is 0 Å². The summed E-state index contributed by atoms with van der Waals surface area (Å²) in [4.78, 5) is 19.7. The predicted octanol–water partition coefficient (Wildman–Crippen LogP) is 2.02. The van der Waals surface area contributed by atoms with Gasteiger partial charge in [-0.1, -0.05) is 0 Å². The van der Waals surface area contributed by atoms with Gasteiger partial charge in [0.1, 0.15) is 0 Å². The van der Waals surface area contributed by atoms with Crippen molar-refractivity contribution in [3.8, 4) is 0 Å². The van der Waals surface area contributed by atoms with Gasteiger partial charge < -0.3 is 5.11 Å². The first-order valence-electron chi connectivity index (χ1n) is 3.83. The standard InChI is InChI=1S/C8H4F3NO4/c1-2-4(9)6(11)5(10)3(8(13)14)7(2)12(15)16/h1H3,(H,13,14). The van der Waals surface area contributed by atoms with Gasteiger partial charge in [0.05, 0.1) is 10.5 Å². The molecule has 5 nitrogen and oxygen atoms in total. The Labute approximate surface area is 86.3 Å². The maximum absolute atomic E-state index is 13.0. The molecular weight excluding hydrogens is 231 g/mol. The summed E-state index contributed by atoms with van der Waals surface area (Å²) in [6, 6.07) is 0. The van der Waals surface area contributed by atoms with Crippen LogP contribution in [0.15, 0.2) is 0 Å². The van der Waals surface area contributed by atoms with E-state index in [9.17, 15) is 28.1 Å². The van der Waals surface area contributed by atoms with Gasteiger partial charge in [0.15, 0.2) is 23.0 Å². The molecular formula is C8H4F3NO4. The van der Waals surface area contributed by atoms with Gasteiger partial charge in [-0.15, -0.1) is 0 Å². The number of carboxylic acids is 1. The van der Waals surface area contributed by atoms with Crippen LogP contribution in [0.4, 0.5) is 18.9 Å². The lowest BCUT2D eigenvalue weighted by atomic mass is 10.1. The van der Waals surface area contributed by atoms with Crippen LogP contribution >= 0.6 is 0 Å². The van der Waals surface area contributed by atoms with Crippen molar-refractivity contribution in [2.45, 2.75) is 6.92 Å². The molecule has 0 aliphatic heterocycles. The third kappa shape index (κ3) is 1.58. The number of benzene rings is 1. The topological polar surface area (TPSA) is 80.4 Å². The highest BCUT2D eigenvalue weighted by Gasteiger charge is 2.33. The molecule has 0 aromatic heterocycles. The van der Waals surface area contributed by atoms with E-state index in [4.69, 9.17) is 5.11 Å². The Morgan fingerprint density at radius 1 is 1.25 bits per heavy atom. The second-order valence-electron chi connectivity index (χ2n) is 2.85. The molecule has 0 bridgehead atoms. The number of carboxylic acid groups (broad SMARTS) is 1. The highest BCUT2D eigenvalue weighted by atomic mass is 19.2. The molecule has 0 aliphatic carbocycles. The summed E-state index contributed by atoms with van der Waals surface area (Å²) in [5.74, 6) is -7.93. The molecule has 16 heavy (non-hydrogen) atoms. The van der Waals surface area contributed by atoms with E-state index >= 15 is 0 Å². The number of rotatable bonds is 2.